The van der Waals surface area contributed by atoms with Crippen molar-refractivity contribution in [1.82, 2.24) is 10.2 Å². The number of hydrogen-bond acceptors (Lipinski definition) is 4. The summed E-state index contributed by atoms with van der Waals surface area (Å²) in [7, 11) is 0. The number of amides is 2. The van der Waals surface area contributed by atoms with Crippen LogP contribution in [0.3, 0.4) is 0 Å². The molecule has 2 heterocycles. The third-order valence-corrected chi connectivity index (χ3v) is 4.83. The first-order valence-corrected chi connectivity index (χ1v) is 7.92. The molecular weight excluding hydrogens is 300 g/mol. The number of carboxylic acids is 1. The average Bonchev–Trinajstić information content (AvgIpc) is 3.22. The van der Waals surface area contributed by atoms with E-state index in [0.717, 1.165) is 19.3 Å². The van der Waals surface area contributed by atoms with E-state index in [1.165, 1.54) is 11.2 Å². The van der Waals surface area contributed by atoms with Crippen molar-refractivity contribution in [3.05, 3.63) is 24.2 Å². The fourth-order valence-corrected chi connectivity index (χ4v) is 3.80. The lowest BCUT2D eigenvalue weighted by molar-refractivity contribution is -0.149. The second-order valence-corrected chi connectivity index (χ2v) is 6.17. The van der Waals surface area contributed by atoms with Gasteiger partial charge in [-0.05, 0) is 36.8 Å². The van der Waals surface area contributed by atoms with Crippen molar-refractivity contribution >= 4 is 17.8 Å². The molecule has 3 unspecified atom stereocenters. The molecule has 0 bridgehead atoms. The maximum Gasteiger partial charge on any atom is 0.326 e. The van der Waals surface area contributed by atoms with Gasteiger partial charge in [0.05, 0.1) is 6.26 Å². The minimum Gasteiger partial charge on any atom is -0.480 e. The van der Waals surface area contributed by atoms with Gasteiger partial charge in [-0.3, -0.25) is 9.59 Å². The summed E-state index contributed by atoms with van der Waals surface area (Å²) in [6.07, 6.45) is 4.41. The van der Waals surface area contributed by atoms with Crippen LogP contribution in [-0.2, 0) is 9.59 Å². The minimum atomic E-state index is -0.924. The van der Waals surface area contributed by atoms with Gasteiger partial charge in [0, 0.05) is 19.5 Å². The quantitative estimate of drug-likeness (QED) is 0.846. The van der Waals surface area contributed by atoms with Gasteiger partial charge in [0.1, 0.15) is 6.04 Å². The van der Waals surface area contributed by atoms with Gasteiger partial charge in [-0.25, -0.2) is 4.79 Å². The largest absolute Gasteiger partial charge is 0.480 e. The molecular formula is C16H20N2O5. The second-order valence-electron chi connectivity index (χ2n) is 6.17. The number of carbonyl (C=O) groups is 3. The van der Waals surface area contributed by atoms with Gasteiger partial charge in [-0.2, -0.15) is 0 Å². The summed E-state index contributed by atoms with van der Waals surface area (Å²) in [4.78, 5) is 37.1. The monoisotopic (exact) mass is 320 g/mol. The molecule has 3 rings (SSSR count). The number of likely N-dealkylation sites (tertiary alicyclic amines) is 1. The molecule has 1 aromatic rings. The van der Waals surface area contributed by atoms with Crippen molar-refractivity contribution < 1.29 is 23.9 Å². The van der Waals surface area contributed by atoms with Crippen molar-refractivity contribution in [2.75, 3.05) is 13.1 Å². The Hall–Kier alpha value is -2.31. The lowest BCUT2D eigenvalue weighted by Crippen LogP contribution is -2.44. The fraction of sp³-hybridized carbons (Fsp3) is 0.562. The van der Waals surface area contributed by atoms with Crippen LogP contribution in [0.1, 0.15) is 36.2 Å². The Morgan fingerprint density at radius 1 is 1.35 bits per heavy atom. The summed E-state index contributed by atoms with van der Waals surface area (Å²) in [6.45, 7) is 0.684. The molecule has 7 nitrogen and oxygen atoms in total. The topological polar surface area (TPSA) is 99.9 Å². The van der Waals surface area contributed by atoms with E-state index in [2.05, 4.69) is 5.32 Å². The summed E-state index contributed by atoms with van der Waals surface area (Å²) >= 11 is 0. The van der Waals surface area contributed by atoms with E-state index in [-0.39, 0.29) is 36.5 Å². The molecule has 0 spiro atoms. The predicted molar refractivity (Wildman–Crippen MR) is 79.6 cm³/mol. The van der Waals surface area contributed by atoms with Gasteiger partial charge in [0.25, 0.3) is 5.91 Å². The Morgan fingerprint density at radius 2 is 2.17 bits per heavy atom. The summed E-state index contributed by atoms with van der Waals surface area (Å²) in [5.74, 6) is -0.946. The maximum atomic E-state index is 12.3. The van der Waals surface area contributed by atoms with E-state index in [1.807, 2.05) is 0 Å². The van der Waals surface area contributed by atoms with Crippen LogP contribution in [0, 0.1) is 11.8 Å². The van der Waals surface area contributed by atoms with Crippen LogP contribution in [-0.4, -0.2) is 46.9 Å². The van der Waals surface area contributed by atoms with E-state index in [0.29, 0.717) is 12.5 Å². The normalized spacial score (nSPS) is 26.1. The average molecular weight is 320 g/mol. The molecule has 0 radical (unpaired) electrons. The summed E-state index contributed by atoms with van der Waals surface area (Å²) in [6, 6.07) is 2.44. The number of furan rings is 1. The molecule has 1 aliphatic carbocycles. The lowest BCUT2D eigenvalue weighted by Gasteiger charge is -2.24. The van der Waals surface area contributed by atoms with Gasteiger partial charge in [0.15, 0.2) is 5.76 Å². The number of fused-ring (bicyclic) bond motifs is 1. The summed E-state index contributed by atoms with van der Waals surface area (Å²) in [5, 5.41) is 12.0. The number of nitrogens with zero attached hydrogens (tertiary/aromatic N) is 1. The molecule has 1 saturated carbocycles. The minimum absolute atomic E-state index is 0.0779. The molecule has 7 heteroatoms. The van der Waals surface area contributed by atoms with Gasteiger partial charge in [0.2, 0.25) is 5.91 Å². The molecule has 2 fully saturated rings. The smallest absolute Gasteiger partial charge is 0.326 e. The number of rotatable bonds is 5. The highest BCUT2D eigenvalue weighted by molar-refractivity contribution is 5.91. The molecule has 3 atom stereocenters. The van der Waals surface area contributed by atoms with E-state index in [4.69, 9.17) is 4.42 Å². The zero-order valence-electron chi connectivity index (χ0n) is 12.7. The van der Waals surface area contributed by atoms with Crippen molar-refractivity contribution in [1.29, 1.82) is 0 Å². The summed E-state index contributed by atoms with van der Waals surface area (Å²) < 4.78 is 4.97. The van der Waals surface area contributed by atoms with Crippen LogP contribution in [0.25, 0.3) is 0 Å². The molecule has 23 heavy (non-hydrogen) atoms. The third-order valence-electron chi connectivity index (χ3n) is 4.83. The van der Waals surface area contributed by atoms with Crippen molar-refractivity contribution in [2.45, 2.75) is 31.7 Å². The van der Waals surface area contributed by atoms with Gasteiger partial charge in [-0.1, -0.05) is 6.42 Å². The Balaban J connectivity index is 1.53. The second kappa shape index (κ2) is 6.44. The predicted octanol–water partition coefficient (Wildman–Crippen LogP) is 1.11. The Labute approximate surface area is 133 Å². The molecule has 2 amide bonds. The van der Waals surface area contributed by atoms with E-state index >= 15 is 0 Å². The molecule has 1 saturated heterocycles. The molecule has 1 aromatic heterocycles. The highest BCUT2D eigenvalue weighted by Gasteiger charge is 2.49. The zero-order valence-corrected chi connectivity index (χ0v) is 12.7. The number of carboxylic acid groups (broad SMARTS) is 1. The lowest BCUT2D eigenvalue weighted by atomic mass is 9.94. The Kier molecular flexibility index (Phi) is 4.36. The first-order valence-electron chi connectivity index (χ1n) is 7.92. The van der Waals surface area contributed by atoms with E-state index in [9.17, 15) is 19.5 Å². The molecule has 0 aromatic carbocycles. The molecule has 2 N–H and O–H groups in total. The van der Waals surface area contributed by atoms with Gasteiger partial charge < -0.3 is 19.7 Å². The van der Waals surface area contributed by atoms with Crippen LogP contribution in [0.4, 0.5) is 0 Å². The van der Waals surface area contributed by atoms with Gasteiger partial charge >= 0.3 is 5.97 Å². The number of hydrogen-bond donors (Lipinski definition) is 2. The van der Waals surface area contributed by atoms with Crippen molar-refractivity contribution in [3.8, 4) is 0 Å². The SMILES string of the molecule is O=C(NCCC(=O)N1CC2CCCC2C1C(=O)O)c1ccco1. The van der Waals surface area contributed by atoms with Crippen LogP contribution in [0.2, 0.25) is 0 Å². The van der Waals surface area contributed by atoms with E-state index < -0.39 is 12.0 Å². The van der Waals surface area contributed by atoms with Crippen molar-refractivity contribution in [3.63, 3.8) is 0 Å². The standard InChI is InChI=1S/C16H20N2O5/c19-13(6-7-17-15(20)12-5-2-8-23-12)18-9-10-3-1-4-11(10)14(18)16(21)22/h2,5,8,10-11,14H,1,3-4,6-7,9H2,(H,17,20)(H,21,22). The first kappa shape index (κ1) is 15.6. The van der Waals surface area contributed by atoms with Crippen LogP contribution in [0.15, 0.2) is 22.8 Å². The molecule has 2 aliphatic rings. The van der Waals surface area contributed by atoms with Crippen LogP contribution >= 0.6 is 0 Å². The number of carbonyl (C=O) groups excluding carboxylic acids is 2. The first-order chi connectivity index (χ1) is 11.1. The highest BCUT2D eigenvalue weighted by atomic mass is 16.4. The van der Waals surface area contributed by atoms with Crippen LogP contribution in [0.5, 0.6) is 0 Å². The van der Waals surface area contributed by atoms with Crippen molar-refractivity contribution in [2.24, 2.45) is 11.8 Å². The third kappa shape index (κ3) is 3.09. The fourth-order valence-electron chi connectivity index (χ4n) is 3.80. The van der Waals surface area contributed by atoms with E-state index in [1.54, 1.807) is 12.1 Å². The number of nitrogens with one attached hydrogen (secondary N) is 1. The maximum absolute atomic E-state index is 12.3. The Bertz CT molecular complexity index is 598. The zero-order chi connectivity index (χ0) is 16.4. The number of aliphatic carboxylic acids is 1. The highest BCUT2D eigenvalue weighted by Crippen LogP contribution is 2.42. The van der Waals surface area contributed by atoms with Crippen LogP contribution < -0.4 is 5.32 Å². The summed E-state index contributed by atoms with van der Waals surface area (Å²) in [5.41, 5.74) is 0. The molecule has 1 aliphatic heterocycles. The van der Waals surface area contributed by atoms with Gasteiger partial charge in [-0.15, -0.1) is 0 Å². The Morgan fingerprint density at radius 3 is 2.87 bits per heavy atom. The molecule has 124 valence electrons.